The van der Waals surface area contributed by atoms with Gasteiger partial charge in [0.2, 0.25) is 5.91 Å². The van der Waals surface area contributed by atoms with E-state index < -0.39 is 0 Å². The number of hydrogen-bond donors (Lipinski definition) is 1. The third kappa shape index (κ3) is 3.61. The summed E-state index contributed by atoms with van der Waals surface area (Å²) in [6.45, 7) is 4.78. The summed E-state index contributed by atoms with van der Waals surface area (Å²) < 4.78 is 0. The van der Waals surface area contributed by atoms with Crippen molar-refractivity contribution >= 4 is 17.7 Å². The molecule has 1 fully saturated rings. The molecule has 3 nitrogen and oxygen atoms in total. The van der Waals surface area contributed by atoms with Gasteiger partial charge < -0.3 is 10.2 Å². The van der Waals surface area contributed by atoms with Gasteiger partial charge in [0, 0.05) is 29.8 Å². The third-order valence-corrected chi connectivity index (χ3v) is 5.72. The number of thioether (sulfide) groups is 1. The molecule has 1 saturated heterocycles. The molecule has 1 aromatic carbocycles. The van der Waals surface area contributed by atoms with Crippen LogP contribution in [0, 0.1) is 0 Å². The average Bonchev–Trinajstić information content (AvgIpc) is 2.95. The molecule has 2 unspecified atom stereocenters. The fourth-order valence-electron chi connectivity index (χ4n) is 3.15. The molecule has 2 heterocycles. The van der Waals surface area contributed by atoms with Gasteiger partial charge >= 0.3 is 0 Å². The van der Waals surface area contributed by atoms with Gasteiger partial charge in [0.25, 0.3) is 0 Å². The van der Waals surface area contributed by atoms with E-state index in [0.29, 0.717) is 5.25 Å². The SMILES string of the molecule is CC(NCC1Cc2ccccc2S1)C(=O)N1CCCCC1. The molecule has 4 heteroatoms. The van der Waals surface area contributed by atoms with E-state index in [-0.39, 0.29) is 11.9 Å². The largest absolute Gasteiger partial charge is 0.341 e. The van der Waals surface area contributed by atoms with E-state index in [1.807, 2.05) is 23.6 Å². The maximum Gasteiger partial charge on any atom is 0.239 e. The summed E-state index contributed by atoms with van der Waals surface area (Å²) in [6, 6.07) is 8.56. The summed E-state index contributed by atoms with van der Waals surface area (Å²) in [5.41, 5.74) is 1.45. The molecule has 0 radical (unpaired) electrons. The normalized spacial score (nSPS) is 22.9. The van der Waals surface area contributed by atoms with Crippen LogP contribution >= 0.6 is 11.8 Å². The Morgan fingerprint density at radius 3 is 2.86 bits per heavy atom. The van der Waals surface area contributed by atoms with Crippen LogP contribution in [-0.2, 0) is 11.2 Å². The van der Waals surface area contributed by atoms with E-state index in [1.165, 1.54) is 16.9 Å². The van der Waals surface area contributed by atoms with Crippen LogP contribution in [0.1, 0.15) is 31.7 Å². The van der Waals surface area contributed by atoms with Crippen molar-refractivity contribution in [1.29, 1.82) is 0 Å². The minimum Gasteiger partial charge on any atom is -0.341 e. The lowest BCUT2D eigenvalue weighted by atomic mass is 10.1. The van der Waals surface area contributed by atoms with Crippen molar-refractivity contribution in [2.45, 2.75) is 48.8 Å². The van der Waals surface area contributed by atoms with Gasteiger partial charge in [-0.15, -0.1) is 11.8 Å². The molecule has 2 aliphatic rings. The molecule has 21 heavy (non-hydrogen) atoms. The molecule has 1 N–H and O–H groups in total. The highest BCUT2D eigenvalue weighted by molar-refractivity contribution is 8.00. The van der Waals surface area contributed by atoms with Gasteiger partial charge in [0.1, 0.15) is 0 Å². The van der Waals surface area contributed by atoms with Crippen molar-refractivity contribution in [2.75, 3.05) is 19.6 Å². The van der Waals surface area contributed by atoms with Crippen molar-refractivity contribution < 1.29 is 4.79 Å². The summed E-state index contributed by atoms with van der Waals surface area (Å²) in [7, 11) is 0. The first-order valence-corrected chi connectivity index (χ1v) is 8.89. The van der Waals surface area contributed by atoms with E-state index in [4.69, 9.17) is 0 Å². The number of rotatable bonds is 4. The van der Waals surface area contributed by atoms with Crippen molar-refractivity contribution in [2.24, 2.45) is 0 Å². The third-order valence-electron chi connectivity index (χ3n) is 4.40. The Bertz CT molecular complexity index is 474. The highest BCUT2D eigenvalue weighted by Crippen LogP contribution is 2.36. The number of fused-ring (bicyclic) bond motifs is 1. The Kier molecular flexibility index (Phi) is 4.86. The van der Waals surface area contributed by atoms with Gasteiger partial charge in [0.05, 0.1) is 6.04 Å². The summed E-state index contributed by atoms with van der Waals surface area (Å²) in [5.74, 6) is 0.273. The van der Waals surface area contributed by atoms with E-state index in [9.17, 15) is 4.79 Å². The number of benzene rings is 1. The van der Waals surface area contributed by atoms with Crippen LogP contribution < -0.4 is 5.32 Å². The smallest absolute Gasteiger partial charge is 0.239 e. The highest BCUT2D eigenvalue weighted by atomic mass is 32.2. The molecule has 0 bridgehead atoms. The number of likely N-dealkylation sites (tertiary alicyclic amines) is 1. The predicted octanol–water partition coefficient (Wildman–Crippen LogP) is 2.69. The van der Waals surface area contributed by atoms with E-state index in [0.717, 1.165) is 38.9 Å². The predicted molar refractivity (Wildman–Crippen MR) is 87.7 cm³/mol. The van der Waals surface area contributed by atoms with Crippen LogP contribution in [0.15, 0.2) is 29.2 Å². The molecule has 0 aromatic heterocycles. The van der Waals surface area contributed by atoms with Crippen LogP contribution in [0.3, 0.4) is 0 Å². The Balaban J connectivity index is 1.46. The molecule has 0 spiro atoms. The molecule has 3 rings (SSSR count). The molecule has 1 amide bonds. The summed E-state index contributed by atoms with van der Waals surface area (Å²) in [6.07, 6.45) is 4.69. The molecule has 1 aromatic rings. The number of piperidine rings is 1. The van der Waals surface area contributed by atoms with E-state index in [1.54, 1.807) is 0 Å². The monoisotopic (exact) mass is 304 g/mol. The topological polar surface area (TPSA) is 32.3 Å². The van der Waals surface area contributed by atoms with Gasteiger partial charge in [0.15, 0.2) is 0 Å². The Morgan fingerprint density at radius 1 is 1.33 bits per heavy atom. The summed E-state index contributed by atoms with van der Waals surface area (Å²) >= 11 is 1.94. The first-order valence-electron chi connectivity index (χ1n) is 8.01. The van der Waals surface area contributed by atoms with Gasteiger partial charge in [-0.05, 0) is 44.2 Å². The highest BCUT2D eigenvalue weighted by Gasteiger charge is 2.25. The quantitative estimate of drug-likeness (QED) is 0.928. The molecule has 114 valence electrons. The lowest BCUT2D eigenvalue weighted by Gasteiger charge is -2.29. The van der Waals surface area contributed by atoms with Crippen LogP contribution in [-0.4, -0.2) is 41.7 Å². The minimum atomic E-state index is -0.0626. The maximum absolute atomic E-state index is 12.4. The first-order chi connectivity index (χ1) is 10.2. The Morgan fingerprint density at radius 2 is 2.10 bits per heavy atom. The standard InChI is InChI=1S/C17H24N2OS/c1-13(17(20)19-9-5-2-6-10-19)18-12-15-11-14-7-3-4-8-16(14)21-15/h3-4,7-8,13,15,18H,2,5-6,9-12H2,1H3. The molecular weight excluding hydrogens is 280 g/mol. The molecule has 2 aliphatic heterocycles. The van der Waals surface area contributed by atoms with Gasteiger partial charge in [-0.3, -0.25) is 4.79 Å². The zero-order valence-corrected chi connectivity index (χ0v) is 13.5. The number of nitrogens with zero attached hydrogens (tertiary/aromatic N) is 1. The van der Waals surface area contributed by atoms with Gasteiger partial charge in [-0.2, -0.15) is 0 Å². The van der Waals surface area contributed by atoms with E-state index >= 15 is 0 Å². The van der Waals surface area contributed by atoms with Crippen molar-refractivity contribution in [3.05, 3.63) is 29.8 Å². The number of hydrogen-bond acceptors (Lipinski definition) is 3. The summed E-state index contributed by atoms with van der Waals surface area (Å²) in [5, 5.41) is 4.00. The zero-order valence-electron chi connectivity index (χ0n) is 12.7. The second-order valence-electron chi connectivity index (χ2n) is 6.07. The summed E-state index contributed by atoms with van der Waals surface area (Å²) in [4.78, 5) is 15.8. The van der Waals surface area contributed by atoms with Gasteiger partial charge in [-0.25, -0.2) is 0 Å². The first kappa shape index (κ1) is 14.9. The van der Waals surface area contributed by atoms with Crippen LogP contribution in [0.2, 0.25) is 0 Å². The Hall–Kier alpha value is -1.00. The fourth-order valence-corrected chi connectivity index (χ4v) is 4.41. The van der Waals surface area contributed by atoms with Crippen LogP contribution in [0.5, 0.6) is 0 Å². The second kappa shape index (κ2) is 6.84. The fraction of sp³-hybridized carbons (Fsp3) is 0.588. The number of carbonyl (C=O) groups is 1. The Labute approximate surface area is 131 Å². The lowest BCUT2D eigenvalue weighted by Crippen LogP contribution is -2.48. The maximum atomic E-state index is 12.4. The molecule has 0 aliphatic carbocycles. The molecule has 2 atom stereocenters. The lowest BCUT2D eigenvalue weighted by molar-refractivity contribution is -0.133. The number of nitrogens with one attached hydrogen (secondary N) is 1. The van der Waals surface area contributed by atoms with Crippen molar-refractivity contribution in [3.8, 4) is 0 Å². The minimum absolute atomic E-state index is 0.0626. The van der Waals surface area contributed by atoms with E-state index in [2.05, 4.69) is 29.6 Å². The number of amides is 1. The molecule has 0 saturated carbocycles. The zero-order chi connectivity index (χ0) is 14.7. The molecular formula is C17H24N2OS. The van der Waals surface area contributed by atoms with Crippen LogP contribution in [0.4, 0.5) is 0 Å². The van der Waals surface area contributed by atoms with Crippen molar-refractivity contribution in [1.82, 2.24) is 10.2 Å². The van der Waals surface area contributed by atoms with Crippen molar-refractivity contribution in [3.63, 3.8) is 0 Å². The van der Waals surface area contributed by atoms with Crippen LogP contribution in [0.25, 0.3) is 0 Å². The average molecular weight is 304 g/mol. The number of carbonyl (C=O) groups excluding carboxylic acids is 1. The van der Waals surface area contributed by atoms with Gasteiger partial charge in [-0.1, -0.05) is 18.2 Å². The second-order valence-corrected chi connectivity index (χ2v) is 7.41.